The summed E-state index contributed by atoms with van der Waals surface area (Å²) in [6.07, 6.45) is 0. The van der Waals surface area contributed by atoms with Crippen LogP contribution in [0.5, 0.6) is 0 Å². The summed E-state index contributed by atoms with van der Waals surface area (Å²) in [6.45, 7) is 0.0443. The van der Waals surface area contributed by atoms with Crippen LogP contribution in [-0.4, -0.2) is 36.7 Å². The van der Waals surface area contributed by atoms with Crippen molar-refractivity contribution in [1.82, 2.24) is 5.32 Å². The van der Waals surface area contributed by atoms with Crippen LogP contribution in [-0.2, 0) is 14.3 Å². The Balaban J connectivity index is 2.69. The van der Waals surface area contributed by atoms with Gasteiger partial charge in [-0.1, -0.05) is 6.07 Å². The van der Waals surface area contributed by atoms with Gasteiger partial charge in [-0.25, -0.2) is 4.79 Å². The lowest BCUT2D eigenvalue weighted by Gasteiger charge is -2.16. The van der Waals surface area contributed by atoms with Gasteiger partial charge in [-0.2, -0.15) is 0 Å². The Bertz CT molecular complexity index is 380. The summed E-state index contributed by atoms with van der Waals surface area (Å²) in [6, 6.07) is 1.43. The number of nitrogens with one attached hydrogen (secondary N) is 1. The molecule has 0 bridgehead atoms. The number of carbonyl (C=O) groups is 2. The number of hydrogen-bond donors (Lipinski definition) is 3. The maximum Gasteiger partial charge on any atom is 0.331 e. The molecule has 0 spiro atoms. The van der Waals surface area contributed by atoms with Crippen molar-refractivity contribution in [2.45, 2.75) is 12.1 Å². The Morgan fingerprint density at radius 3 is 2.82 bits per heavy atom. The molecule has 2 unspecified atom stereocenters. The van der Waals surface area contributed by atoms with Crippen molar-refractivity contribution < 1.29 is 19.4 Å². The molecule has 7 heteroatoms. The molecule has 0 fully saturated rings. The standard InChI is InChI=1S/C10H14N2O4S/c1-16-5-6(11)9(13)12-8(10(14)15)7-3-2-4-17-7/h2-4,6,8H,5,11H2,1H3,(H,12,13)(H,14,15). The van der Waals surface area contributed by atoms with E-state index in [0.29, 0.717) is 4.88 Å². The zero-order valence-corrected chi connectivity index (χ0v) is 10.1. The zero-order valence-electron chi connectivity index (χ0n) is 9.25. The number of aliphatic carboxylic acids is 1. The molecule has 1 rings (SSSR count). The minimum Gasteiger partial charge on any atom is -0.479 e. The lowest BCUT2D eigenvalue weighted by molar-refractivity contribution is -0.142. The van der Waals surface area contributed by atoms with E-state index in [0.717, 1.165) is 0 Å². The first-order valence-corrected chi connectivity index (χ1v) is 5.75. The molecule has 1 amide bonds. The zero-order chi connectivity index (χ0) is 12.8. The summed E-state index contributed by atoms with van der Waals surface area (Å²) in [5.74, 6) is -1.67. The quantitative estimate of drug-likeness (QED) is 0.664. The van der Waals surface area contributed by atoms with Crippen molar-refractivity contribution in [2.75, 3.05) is 13.7 Å². The Hall–Kier alpha value is -1.44. The molecule has 0 aliphatic carbocycles. The van der Waals surface area contributed by atoms with Crippen LogP contribution in [0.25, 0.3) is 0 Å². The number of nitrogens with two attached hydrogens (primary N) is 1. The average molecular weight is 258 g/mol. The van der Waals surface area contributed by atoms with Gasteiger partial charge in [0.25, 0.3) is 0 Å². The molecule has 0 aliphatic heterocycles. The largest absolute Gasteiger partial charge is 0.479 e. The summed E-state index contributed by atoms with van der Waals surface area (Å²) in [7, 11) is 1.42. The van der Waals surface area contributed by atoms with E-state index in [2.05, 4.69) is 5.32 Å². The van der Waals surface area contributed by atoms with Gasteiger partial charge in [0.15, 0.2) is 6.04 Å². The van der Waals surface area contributed by atoms with E-state index in [9.17, 15) is 9.59 Å². The third kappa shape index (κ3) is 3.81. The van der Waals surface area contributed by atoms with E-state index in [-0.39, 0.29) is 6.61 Å². The van der Waals surface area contributed by atoms with Gasteiger partial charge in [0.2, 0.25) is 5.91 Å². The van der Waals surface area contributed by atoms with Gasteiger partial charge >= 0.3 is 5.97 Å². The van der Waals surface area contributed by atoms with Gasteiger partial charge < -0.3 is 20.9 Å². The molecule has 0 saturated carbocycles. The van der Waals surface area contributed by atoms with Gasteiger partial charge in [0.05, 0.1) is 6.61 Å². The lowest BCUT2D eigenvalue weighted by Crippen LogP contribution is -2.46. The molecule has 0 saturated heterocycles. The van der Waals surface area contributed by atoms with Gasteiger partial charge in [0, 0.05) is 12.0 Å². The Kier molecular flexibility index (Phi) is 5.08. The van der Waals surface area contributed by atoms with E-state index >= 15 is 0 Å². The maximum absolute atomic E-state index is 11.6. The minimum absolute atomic E-state index is 0.0443. The first kappa shape index (κ1) is 13.6. The van der Waals surface area contributed by atoms with Crippen LogP contribution >= 0.6 is 11.3 Å². The molecule has 1 heterocycles. The van der Waals surface area contributed by atoms with Crippen molar-refractivity contribution in [3.05, 3.63) is 22.4 Å². The smallest absolute Gasteiger partial charge is 0.331 e. The minimum atomic E-state index is -1.12. The SMILES string of the molecule is COCC(N)C(=O)NC(C(=O)O)c1cccs1. The normalized spacial score (nSPS) is 14.0. The molecule has 0 aliphatic rings. The average Bonchev–Trinajstić information content (AvgIpc) is 2.78. The number of ether oxygens (including phenoxy) is 1. The van der Waals surface area contributed by atoms with Crippen molar-refractivity contribution in [2.24, 2.45) is 5.73 Å². The fraction of sp³-hybridized carbons (Fsp3) is 0.400. The van der Waals surface area contributed by atoms with Crippen LogP contribution in [0.2, 0.25) is 0 Å². The number of rotatable bonds is 6. The van der Waals surface area contributed by atoms with E-state index in [1.165, 1.54) is 18.4 Å². The summed E-state index contributed by atoms with van der Waals surface area (Å²) >= 11 is 1.26. The van der Waals surface area contributed by atoms with E-state index in [4.69, 9.17) is 15.6 Å². The summed E-state index contributed by atoms with van der Waals surface area (Å²) < 4.78 is 4.73. The van der Waals surface area contributed by atoms with Crippen molar-refractivity contribution >= 4 is 23.2 Å². The maximum atomic E-state index is 11.6. The topological polar surface area (TPSA) is 102 Å². The number of amides is 1. The van der Waals surface area contributed by atoms with Crippen molar-refractivity contribution in [1.29, 1.82) is 0 Å². The number of carbonyl (C=O) groups excluding carboxylic acids is 1. The fourth-order valence-corrected chi connectivity index (χ4v) is 1.98. The first-order valence-electron chi connectivity index (χ1n) is 4.87. The Labute approximate surface area is 102 Å². The highest BCUT2D eigenvalue weighted by Crippen LogP contribution is 2.19. The van der Waals surface area contributed by atoms with Crippen LogP contribution in [0.15, 0.2) is 17.5 Å². The first-order chi connectivity index (χ1) is 8.06. The number of hydrogen-bond acceptors (Lipinski definition) is 5. The highest BCUT2D eigenvalue weighted by Gasteiger charge is 2.25. The van der Waals surface area contributed by atoms with Gasteiger partial charge in [-0.3, -0.25) is 4.79 Å². The highest BCUT2D eigenvalue weighted by molar-refractivity contribution is 7.10. The molecule has 6 nitrogen and oxygen atoms in total. The number of carboxylic acids is 1. The summed E-state index contributed by atoms with van der Waals surface area (Å²) in [5.41, 5.74) is 5.50. The molecule has 1 aromatic heterocycles. The molecule has 17 heavy (non-hydrogen) atoms. The molecular formula is C10H14N2O4S. The monoisotopic (exact) mass is 258 g/mol. The van der Waals surface area contributed by atoms with Crippen molar-refractivity contribution in [3.63, 3.8) is 0 Å². The molecule has 2 atom stereocenters. The molecule has 0 radical (unpaired) electrons. The molecule has 4 N–H and O–H groups in total. The molecular weight excluding hydrogens is 244 g/mol. The van der Waals surface area contributed by atoms with Gasteiger partial charge in [0.1, 0.15) is 6.04 Å². The summed E-state index contributed by atoms with van der Waals surface area (Å²) in [4.78, 5) is 23.2. The second-order valence-electron chi connectivity index (χ2n) is 3.36. The fourth-order valence-electron chi connectivity index (χ4n) is 1.21. The summed E-state index contributed by atoms with van der Waals surface area (Å²) in [5, 5.41) is 13.1. The van der Waals surface area contributed by atoms with Crippen LogP contribution in [0.4, 0.5) is 0 Å². The molecule has 0 aromatic carbocycles. The predicted octanol–water partition coefficient (Wildman–Crippen LogP) is -0.0363. The third-order valence-corrected chi connectivity index (χ3v) is 2.98. The van der Waals surface area contributed by atoms with Crippen LogP contribution in [0.3, 0.4) is 0 Å². The van der Waals surface area contributed by atoms with E-state index in [1.54, 1.807) is 17.5 Å². The van der Waals surface area contributed by atoms with Crippen LogP contribution < -0.4 is 11.1 Å². The van der Waals surface area contributed by atoms with E-state index in [1.807, 2.05) is 0 Å². The highest BCUT2D eigenvalue weighted by atomic mass is 32.1. The molecule has 94 valence electrons. The second kappa shape index (κ2) is 6.33. The lowest BCUT2D eigenvalue weighted by atomic mass is 10.2. The molecule has 1 aromatic rings. The third-order valence-electron chi connectivity index (χ3n) is 2.04. The van der Waals surface area contributed by atoms with Gasteiger partial charge in [-0.15, -0.1) is 11.3 Å². The number of methoxy groups -OCH3 is 1. The van der Waals surface area contributed by atoms with Crippen LogP contribution in [0, 0.1) is 0 Å². The number of thiophene rings is 1. The Morgan fingerprint density at radius 2 is 2.35 bits per heavy atom. The van der Waals surface area contributed by atoms with E-state index < -0.39 is 24.0 Å². The predicted molar refractivity (Wildman–Crippen MR) is 62.7 cm³/mol. The Morgan fingerprint density at radius 1 is 1.65 bits per heavy atom. The van der Waals surface area contributed by atoms with Crippen LogP contribution in [0.1, 0.15) is 10.9 Å². The number of carboxylic acid groups (broad SMARTS) is 1. The van der Waals surface area contributed by atoms with Crippen molar-refractivity contribution in [3.8, 4) is 0 Å². The van der Waals surface area contributed by atoms with Gasteiger partial charge in [-0.05, 0) is 11.4 Å². The second-order valence-corrected chi connectivity index (χ2v) is 4.34.